The van der Waals surface area contributed by atoms with Gasteiger partial charge in [0.25, 0.3) is 5.56 Å². The van der Waals surface area contributed by atoms with Gasteiger partial charge in [-0.2, -0.15) is 0 Å². The van der Waals surface area contributed by atoms with Crippen molar-refractivity contribution in [2.45, 2.75) is 0 Å². The molecular formula is C16H10N4O. The molecule has 1 N–H and O–H groups in total. The first kappa shape index (κ1) is 11.7. The molecule has 0 bridgehead atoms. The van der Waals surface area contributed by atoms with Crippen molar-refractivity contribution in [3.05, 3.63) is 65.1 Å². The van der Waals surface area contributed by atoms with Crippen LogP contribution < -0.4 is 5.56 Å². The summed E-state index contributed by atoms with van der Waals surface area (Å²) in [6, 6.07) is 15.0. The summed E-state index contributed by atoms with van der Waals surface area (Å²) in [5.74, 6) is 0.510. The second-order valence-corrected chi connectivity index (χ2v) is 4.69. The SMILES string of the molecule is O=c1[nH]c(-c2ccccc2)nc2nc3ncccc3cc12. The van der Waals surface area contributed by atoms with Crippen LogP contribution in [0.1, 0.15) is 0 Å². The van der Waals surface area contributed by atoms with E-state index in [1.807, 2.05) is 42.5 Å². The molecule has 5 heteroatoms. The minimum Gasteiger partial charge on any atom is -0.306 e. The van der Waals surface area contributed by atoms with Crippen LogP contribution in [-0.4, -0.2) is 19.9 Å². The van der Waals surface area contributed by atoms with Gasteiger partial charge < -0.3 is 4.98 Å². The molecule has 0 radical (unpaired) electrons. The molecule has 0 saturated heterocycles. The van der Waals surface area contributed by atoms with Crippen LogP contribution in [0.4, 0.5) is 0 Å². The summed E-state index contributed by atoms with van der Waals surface area (Å²) in [4.78, 5) is 28.1. The van der Waals surface area contributed by atoms with Crippen LogP contribution in [0.3, 0.4) is 0 Å². The minimum atomic E-state index is -0.197. The largest absolute Gasteiger partial charge is 0.306 e. The lowest BCUT2D eigenvalue weighted by atomic mass is 10.2. The lowest BCUT2D eigenvalue weighted by Crippen LogP contribution is -2.10. The summed E-state index contributed by atoms with van der Waals surface area (Å²) in [5, 5.41) is 1.29. The molecule has 100 valence electrons. The Morgan fingerprint density at radius 3 is 2.62 bits per heavy atom. The van der Waals surface area contributed by atoms with E-state index in [4.69, 9.17) is 0 Å². The van der Waals surface area contributed by atoms with E-state index in [-0.39, 0.29) is 5.56 Å². The molecule has 0 unspecified atom stereocenters. The lowest BCUT2D eigenvalue weighted by molar-refractivity contribution is 1.15. The van der Waals surface area contributed by atoms with Gasteiger partial charge in [-0.1, -0.05) is 30.3 Å². The number of aromatic nitrogens is 4. The van der Waals surface area contributed by atoms with Crippen molar-refractivity contribution in [2.24, 2.45) is 0 Å². The molecule has 0 aliphatic heterocycles. The fourth-order valence-electron chi connectivity index (χ4n) is 2.29. The number of hydrogen-bond donors (Lipinski definition) is 1. The van der Waals surface area contributed by atoms with E-state index in [1.165, 1.54) is 0 Å². The fourth-order valence-corrected chi connectivity index (χ4v) is 2.29. The molecule has 4 aromatic rings. The third kappa shape index (κ3) is 1.95. The first-order chi connectivity index (χ1) is 10.3. The van der Waals surface area contributed by atoms with Gasteiger partial charge in [0, 0.05) is 17.1 Å². The predicted octanol–water partition coefficient (Wildman–Crippen LogP) is 2.53. The van der Waals surface area contributed by atoms with Gasteiger partial charge >= 0.3 is 0 Å². The van der Waals surface area contributed by atoms with Crippen molar-refractivity contribution in [3.8, 4) is 11.4 Å². The molecule has 5 nitrogen and oxygen atoms in total. The number of H-pyrrole nitrogens is 1. The van der Waals surface area contributed by atoms with Crippen LogP contribution >= 0.6 is 0 Å². The molecule has 0 fully saturated rings. The van der Waals surface area contributed by atoms with Crippen LogP contribution in [-0.2, 0) is 0 Å². The maximum absolute atomic E-state index is 12.3. The zero-order valence-electron chi connectivity index (χ0n) is 10.9. The molecule has 0 aliphatic rings. The summed E-state index contributed by atoms with van der Waals surface area (Å²) in [5.41, 5.74) is 1.64. The fraction of sp³-hybridized carbons (Fsp3) is 0. The lowest BCUT2D eigenvalue weighted by Gasteiger charge is -2.03. The van der Waals surface area contributed by atoms with Crippen LogP contribution in [0.15, 0.2) is 59.5 Å². The summed E-state index contributed by atoms with van der Waals surface area (Å²) in [6.45, 7) is 0. The third-order valence-electron chi connectivity index (χ3n) is 3.31. The molecule has 0 saturated carbocycles. The van der Waals surface area contributed by atoms with Gasteiger partial charge in [-0.05, 0) is 18.2 Å². The standard InChI is InChI=1S/C16H10N4O/c21-16-12-9-11-7-4-8-17-13(11)18-15(12)19-14(20-16)10-5-2-1-3-6-10/h1-9H,(H,17,18,19,20,21). The van der Waals surface area contributed by atoms with Gasteiger partial charge in [0.1, 0.15) is 5.82 Å². The molecule has 0 amide bonds. The van der Waals surface area contributed by atoms with E-state index in [2.05, 4.69) is 19.9 Å². The molecule has 1 aromatic carbocycles. The molecular weight excluding hydrogens is 264 g/mol. The van der Waals surface area contributed by atoms with E-state index in [0.717, 1.165) is 10.9 Å². The zero-order chi connectivity index (χ0) is 14.2. The Labute approximate surface area is 119 Å². The van der Waals surface area contributed by atoms with Gasteiger partial charge in [0.2, 0.25) is 0 Å². The van der Waals surface area contributed by atoms with E-state index in [1.54, 1.807) is 12.3 Å². The monoisotopic (exact) mass is 274 g/mol. The Hall–Kier alpha value is -3.08. The Balaban J connectivity index is 2.05. The van der Waals surface area contributed by atoms with E-state index in [9.17, 15) is 4.79 Å². The van der Waals surface area contributed by atoms with Crippen LogP contribution in [0.2, 0.25) is 0 Å². The highest BCUT2D eigenvalue weighted by atomic mass is 16.1. The normalized spacial score (nSPS) is 11.0. The van der Waals surface area contributed by atoms with Crippen molar-refractivity contribution in [1.82, 2.24) is 19.9 Å². The molecule has 0 spiro atoms. The average molecular weight is 274 g/mol. The summed E-state index contributed by atoms with van der Waals surface area (Å²) >= 11 is 0. The van der Waals surface area contributed by atoms with Crippen LogP contribution in [0.25, 0.3) is 33.5 Å². The summed E-state index contributed by atoms with van der Waals surface area (Å²) in [7, 11) is 0. The predicted molar refractivity (Wildman–Crippen MR) is 80.9 cm³/mol. The Morgan fingerprint density at radius 1 is 0.905 bits per heavy atom. The van der Waals surface area contributed by atoms with Gasteiger partial charge in [0.15, 0.2) is 11.3 Å². The number of nitrogens with one attached hydrogen (secondary N) is 1. The number of benzene rings is 1. The maximum Gasteiger partial charge on any atom is 0.260 e. The summed E-state index contributed by atoms with van der Waals surface area (Å²) in [6.07, 6.45) is 1.67. The first-order valence-electron chi connectivity index (χ1n) is 6.52. The van der Waals surface area contributed by atoms with Crippen molar-refractivity contribution >= 4 is 22.1 Å². The molecule has 0 aliphatic carbocycles. The zero-order valence-corrected chi connectivity index (χ0v) is 10.9. The van der Waals surface area contributed by atoms with E-state index >= 15 is 0 Å². The van der Waals surface area contributed by atoms with Crippen molar-refractivity contribution in [1.29, 1.82) is 0 Å². The molecule has 0 atom stereocenters. The maximum atomic E-state index is 12.3. The quantitative estimate of drug-likeness (QED) is 0.541. The van der Waals surface area contributed by atoms with E-state index in [0.29, 0.717) is 22.5 Å². The Morgan fingerprint density at radius 2 is 1.76 bits per heavy atom. The highest BCUT2D eigenvalue weighted by Gasteiger charge is 2.08. The topological polar surface area (TPSA) is 71.5 Å². The van der Waals surface area contributed by atoms with E-state index < -0.39 is 0 Å². The van der Waals surface area contributed by atoms with Crippen molar-refractivity contribution < 1.29 is 0 Å². The van der Waals surface area contributed by atoms with Crippen molar-refractivity contribution in [2.75, 3.05) is 0 Å². The Bertz CT molecular complexity index is 1010. The number of hydrogen-bond acceptors (Lipinski definition) is 4. The number of nitrogens with zero attached hydrogens (tertiary/aromatic N) is 3. The Kier molecular flexibility index (Phi) is 2.50. The van der Waals surface area contributed by atoms with Crippen molar-refractivity contribution in [3.63, 3.8) is 0 Å². The summed E-state index contributed by atoms with van der Waals surface area (Å²) < 4.78 is 0. The van der Waals surface area contributed by atoms with Gasteiger partial charge in [-0.25, -0.2) is 15.0 Å². The van der Waals surface area contributed by atoms with Gasteiger partial charge in [-0.3, -0.25) is 4.79 Å². The third-order valence-corrected chi connectivity index (χ3v) is 3.31. The molecule has 21 heavy (non-hydrogen) atoms. The molecule has 3 aromatic heterocycles. The molecule has 4 rings (SSSR count). The second-order valence-electron chi connectivity index (χ2n) is 4.69. The second kappa shape index (κ2) is 4.49. The number of aromatic amines is 1. The minimum absolute atomic E-state index is 0.197. The highest BCUT2D eigenvalue weighted by Crippen LogP contribution is 2.17. The number of rotatable bonds is 1. The number of pyridine rings is 2. The smallest absolute Gasteiger partial charge is 0.260 e. The van der Waals surface area contributed by atoms with Crippen LogP contribution in [0.5, 0.6) is 0 Å². The molecule has 3 heterocycles. The number of fused-ring (bicyclic) bond motifs is 2. The average Bonchev–Trinajstić information content (AvgIpc) is 2.54. The van der Waals surface area contributed by atoms with Gasteiger partial charge in [0.05, 0.1) is 5.39 Å². The first-order valence-corrected chi connectivity index (χ1v) is 6.52. The van der Waals surface area contributed by atoms with Gasteiger partial charge in [-0.15, -0.1) is 0 Å². The highest BCUT2D eigenvalue weighted by molar-refractivity contribution is 5.89. The van der Waals surface area contributed by atoms with Crippen LogP contribution in [0, 0.1) is 0 Å².